The number of carbonyl (C=O) groups excluding carboxylic acids is 5. The zero-order valence-electron chi connectivity index (χ0n) is 17.9. The van der Waals surface area contributed by atoms with Crippen molar-refractivity contribution in [1.82, 2.24) is 26.6 Å². The average Bonchev–Trinajstić information content (AvgIpc) is 2.68. The molecule has 0 rings (SSSR count). The second-order valence-corrected chi connectivity index (χ2v) is 3.88. The molecule has 0 fully saturated rings. The van der Waals surface area contributed by atoms with E-state index in [-0.39, 0.29) is 68.4 Å². The van der Waals surface area contributed by atoms with E-state index in [0.29, 0.717) is 0 Å². The molecule has 33 heavy (non-hydrogen) atoms. The van der Waals surface area contributed by atoms with E-state index >= 15 is 0 Å². The summed E-state index contributed by atoms with van der Waals surface area (Å²) in [6.45, 7) is 4.31. The van der Waals surface area contributed by atoms with Gasteiger partial charge < -0.3 is 36.1 Å². The van der Waals surface area contributed by atoms with E-state index in [1.807, 2.05) is 0 Å². The Balaban J connectivity index is -0.0000000195. The minimum absolute atomic E-state index is 0. The summed E-state index contributed by atoms with van der Waals surface area (Å²) in [5, 5.41) is 11.8. The fourth-order valence-corrected chi connectivity index (χ4v) is 0.227. The molecule has 12 nitrogen and oxygen atoms in total. The lowest BCUT2D eigenvalue weighted by Gasteiger charge is -1.91. The number of methoxy groups -OCH3 is 2. The highest BCUT2D eigenvalue weighted by Gasteiger charge is 1.85. The molecule has 0 spiro atoms. The minimum atomic E-state index is -0.407. The van der Waals surface area contributed by atoms with Crippen LogP contribution >= 0.6 is 0 Å². The van der Waals surface area contributed by atoms with Gasteiger partial charge in [-0.05, 0) is 0 Å². The number of rotatable bonds is 0. The molecule has 0 heterocycles. The van der Waals surface area contributed by atoms with Crippen molar-refractivity contribution in [1.29, 1.82) is 0 Å². The normalized spacial score (nSPS) is 5.64. The van der Waals surface area contributed by atoms with Gasteiger partial charge in [-0.15, -0.1) is 0 Å². The second kappa shape index (κ2) is 63.0. The summed E-state index contributed by atoms with van der Waals surface area (Å²) in [5.74, 6) is -0.236. The number of nitrogens with one attached hydrogen (secondary N) is 5. The van der Waals surface area contributed by atoms with Crippen molar-refractivity contribution in [2.45, 2.75) is 65.3 Å². The maximum atomic E-state index is 9.96. The van der Waals surface area contributed by atoms with Gasteiger partial charge in [-0.25, -0.2) is 9.59 Å². The van der Waals surface area contributed by atoms with E-state index < -0.39 is 6.09 Å². The molecular weight excluding hydrogens is 434 g/mol. The Morgan fingerprint density at radius 2 is 0.697 bits per heavy atom. The summed E-state index contributed by atoms with van der Waals surface area (Å²) < 4.78 is 8.26. The summed E-state index contributed by atoms with van der Waals surface area (Å²) in [5.41, 5.74) is 0. The minimum Gasteiger partial charge on any atom is -0.469 e. The maximum absolute atomic E-state index is 9.96. The van der Waals surface area contributed by atoms with E-state index in [0.717, 1.165) is 0 Å². The first-order chi connectivity index (χ1) is 12.4. The van der Waals surface area contributed by atoms with Crippen molar-refractivity contribution in [3.8, 4) is 0 Å². The zero-order chi connectivity index (χ0) is 22.8. The van der Waals surface area contributed by atoms with Gasteiger partial charge in [0.25, 0.3) is 0 Å². The smallest absolute Gasteiger partial charge is 0.406 e. The van der Waals surface area contributed by atoms with Gasteiger partial charge >= 0.3 is 18.1 Å². The van der Waals surface area contributed by atoms with Crippen molar-refractivity contribution in [3.05, 3.63) is 0 Å². The summed E-state index contributed by atoms with van der Waals surface area (Å²) in [4.78, 5) is 48.8. The third-order valence-corrected chi connectivity index (χ3v) is 1.84. The van der Waals surface area contributed by atoms with Crippen LogP contribution in [0.25, 0.3) is 0 Å². The number of ether oxygens (including phenoxy) is 2. The van der Waals surface area contributed by atoms with E-state index in [2.05, 4.69) is 36.1 Å². The van der Waals surface area contributed by atoms with Crippen LogP contribution in [0, 0.1) is 0 Å². The van der Waals surface area contributed by atoms with Gasteiger partial charge in [0.1, 0.15) is 0 Å². The lowest BCUT2D eigenvalue weighted by atomic mass is 10.7. The Kier molecular flexibility index (Phi) is 133. The molecule has 0 saturated heterocycles. The Bertz CT molecular complexity index is 347. The van der Waals surface area contributed by atoms with Gasteiger partial charge in [0, 0.05) is 56.0 Å². The van der Waals surface area contributed by atoms with E-state index in [9.17, 15) is 24.0 Å². The molecule has 5 N–H and O–H groups in total. The Morgan fingerprint density at radius 3 is 0.697 bits per heavy atom. The molecule has 0 unspecified atom stereocenters. The topological polar surface area (TPSA) is 164 Å². The van der Waals surface area contributed by atoms with Gasteiger partial charge in [-0.2, -0.15) is 0 Å². The fraction of sp³-hybridized carbons (Fsp3) is 0.762. The zero-order valence-corrected chi connectivity index (χ0v) is 17.9. The largest absolute Gasteiger partial charge is 0.469 e. The number of hydrogen-bond donors (Lipinski definition) is 5. The van der Waals surface area contributed by atoms with E-state index in [1.54, 1.807) is 28.2 Å². The Morgan fingerprint density at radius 1 is 0.485 bits per heavy atom. The van der Waals surface area contributed by atoms with Crippen LogP contribution in [0.2, 0.25) is 0 Å². The van der Waals surface area contributed by atoms with Gasteiger partial charge in [0.15, 0.2) is 0 Å². The molecule has 0 aromatic heterocycles. The predicted octanol–water partition coefficient (Wildman–Crippen LogP) is 3.02. The molecule has 5 amide bonds. The highest BCUT2D eigenvalue weighted by Crippen LogP contribution is 1.62. The van der Waals surface area contributed by atoms with E-state index in [1.165, 1.54) is 42.0 Å². The quantitative estimate of drug-likeness (QED) is 0.324. The number of hydrogen-bond acceptors (Lipinski definition) is 7. The van der Waals surface area contributed by atoms with Gasteiger partial charge in [0.2, 0.25) is 11.8 Å². The van der Waals surface area contributed by atoms with Crippen molar-refractivity contribution in [2.24, 2.45) is 0 Å². The number of carbonyl (C=O) groups is 5. The molecule has 0 bridgehead atoms. The first-order valence-corrected chi connectivity index (χ1v) is 7.50. The molecule has 0 saturated carbocycles. The molecule has 0 aliphatic rings. The number of amides is 5. The standard InChI is InChI=1S/C3H8N2O.C3H7NO2.2C3H7NO.C3H6O2.6CH4/c1-4-3(6)5-2;1-4-3(5)6-2;2*1-3(5)4-2;1-3(4)5-2;;;;;;/h1-2H3,(H2,4,5,6);1-2H3,(H,4,5);2*1-2H3,(H,4,5);1-2H3;6*1H4. The number of esters is 1. The third kappa shape index (κ3) is 175. The summed E-state index contributed by atoms with van der Waals surface area (Å²) >= 11 is 0. The molecule has 0 aliphatic carbocycles. The van der Waals surface area contributed by atoms with Crippen LogP contribution in [0.15, 0.2) is 0 Å². The Labute approximate surface area is 205 Å². The fourth-order valence-electron chi connectivity index (χ4n) is 0.227. The molecule has 210 valence electrons. The van der Waals surface area contributed by atoms with Crippen molar-refractivity contribution >= 4 is 29.9 Å². The van der Waals surface area contributed by atoms with Crippen LogP contribution in [0.4, 0.5) is 9.59 Å². The van der Waals surface area contributed by atoms with Crippen LogP contribution in [0.1, 0.15) is 65.3 Å². The van der Waals surface area contributed by atoms with Crippen molar-refractivity contribution in [3.63, 3.8) is 0 Å². The van der Waals surface area contributed by atoms with Gasteiger partial charge in [-0.3, -0.25) is 14.4 Å². The van der Waals surface area contributed by atoms with E-state index in [4.69, 9.17) is 0 Å². The van der Waals surface area contributed by atoms with Gasteiger partial charge in [0.05, 0.1) is 14.2 Å². The lowest BCUT2D eigenvalue weighted by Crippen LogP contribution is -2.28. The number of alkyl carbamates (subject to hydrolysis) is 1. The monoisotopic (exact) mass is 493 g/mol. The predicted molar refractivity (Wildman–Crippen MR) is 143 cm³/mol. The summed E-state index contributed by atoms with van der Waals surface area (Å²) in [7, 11) is 10.5. The van der Waals surface area contributed by atoms with Crippen LogP contribution in [-0.4, -0.2) is 79.4 Å². The summed E-state index contributed by atoms with van der Waals surface area (Å²) in [6, 6.07) is -0.157. The summed E-state index contributed by atoms with van der Waals surface area (Å²) in [6.07, 6.45) is -0.407. The lowest BCUT2D eigenvalue weighted by molar-refractivity contribution is -0.138. The third-order valence-electron chi connectivity index (χ3n) is 1.84. The molecule has 0 aliphatic heterocycles. The molecule has 0 aromatic rings. The molecule has 0 atom stereocenters. The first-order valence-electron chi connectivity index (χ1n) is 7.50. The average molecular weight is 494 g/mol. The highest BCUT2D eigenvalue weighted by molar-refractivity contribution is 5.73. The highest BCUT2D eigenvalue weighted by atomic mass is 16.5. The van der Waals surface area contributed by atoms with Gasteiger partial charge in [-0.1, -0.05) is 44.6 Å². The van der Waals surface area contributed by atoms with Crippen molar-refractivity contribution in [2.75, 3.05) is 49.5 Å². The molecule has 12 heteroatoms. The van der Waals surface area contributed by atoms with Crippen LogP contribution in [0.3, 0.4) is 0 Å². The van der Waals surface area contributed by atoms with Crippen LogP contribution < -0.4 is 26.6 Å². The van der Waals surface area contributed by atoms with Crippen molar-refractivity contribution < 1.29 is 33.4 Å². The maximum Gasteiger partial charge on any atom is 0.406 e. The molecule has 0 aromatic carbocycles. The Hall–Kier alpha value is -3.05. The first kappa shape index (κ1) is 69.9. The molecular formula is C21H59N5O7. The number of urea groups is 1. The van der Waals surface area contributed by atoms with Crippen LogP contribution in [0.5, 0.6) is 0 Å². The second-order valence-electron chi connectivity index (χ2n) is 3.88. The van der Waals surface area contributed by atoms with Crippen LogP contribution in [-0.2, 0) is 23.9 Å². The SMILES string of the molecule is C.C.C.C.C.C.CNC(=O)NC.CNC(=O)OC.CNC(C)=O.CNC(C)=O.COC(C)=O. The molecule has 0 radical (unpaired) electrons.